The molecule has 0 aliphatic carbocycles. The maximum absolute atomic E-state index is 13.1. The molecular formula is C22H35N5O4. The van der Waals surface area contributed by atoms with Gasteiger partial charge in [0.1, 0.15) is 12.1 Å². The van der Waals surface area contributed by atoms with E-state index < -0.39 is 30.0 Å². The fourth-order valence-electron chi connectivity index (χ4n) is 3.85. The number of carbonyl (C=O) groups is 3. The van der Waals surface area contributed by atoms with Crippen molar-refractivity contribution in [1.82, 2.24) is 10.2 Å². The van der Waals surface area contributed by atoms with Crippen molar-refractivity contribution >= 4 is 17.8 Å². The van der Waals surface area contributed by atoms with E-state index >= 15 is 0 Å². The van der Waals surface area contributed by atoms with Crippen molar-refractivity contribution in [2.45, 2.75) is 69.6 Å². The number of hydrogen-bond acceptors (Lipinski definition) is 6. The highest BCUT2D eigenvalue weighted by molar-refractivity contribution is 5.92. The average Bonchev–Trinajstić information content (AvgIpc) is 2.76. The predicted molar refractivity (Wildman–Crippen MR) is 118 cm³/mol. The highest BCUT2D eigenvalue weighted by atomic mass is 16.4. The Labute approximate surface area is 183 Å². The topological polar surface area (TPSA) is 165 Å². The molecule has 1 aromatic carbocycles. The third kappa shape index (κ3) is 7.02. The van der Waals surface area contributed by atoms with Gasteiger partial charge in [-0.3, -0.25) is 9.59 Å². The first-order valence-corrected chi connectivity index (χ1v) is 10.9. The molecule has 1 aromatic rings. The molecule has 0 unspecified atom stereocenters. The van der Waals surface area contributed by atoms with Crippen LogP contribution in [0.2, 0.25) is 0 Å². The monoisotopic (exact) mass is 433 g/mol. The number of rotatable bonds is 12. The number of unbranched alkanes of at least 4 members (excludes halogenated alkanes) is 2. The molecule has 0 aromatic heterocycles. The second-order valence-corrected chi connectivity index (χ2v) is 8.03. The summed E-state index contributed by atoms with van der Waals surface area (Å²) in [6.45, 7) is 1.26. The van der Waals surface area contributed by atoms with Gasteiger partial charge in [0.05, 0.1) is 6.04 Å². The van der Waals surface area contributed by atoms with Crippen LogP contribution >= 0.6 is 0 Å². The minimum Gasteiger partial charge on any atom is -0.480 e. The van der Waals surface area contributed by atoms with Crippen LogP contribution in [-0.4, -0.2) is 59.0 Å². The van der Waals surface area contributed by atoms with E-state index in [9.17, 15) is 19.5 Å². The van der Waals surface area contributed by atoms with Gasteiger partial charge in [0, 0.05) is 13.0 Å². The van der Waals surface area contributed by atoms with Gasteiger partial charge in [-0.15, -0.1) is 0 Å². The van der Waals surface area contributed by atoms with Gasteiger partial charge in [-0.25, -0.2) is 4.79 Å². The van der Waals surface area contributed by atoms with Gasteiger partial charge in [0.15, 0.2) is 0 Å². The van der Waals surface area contributed by atoms with E-state index in [1.165, 1.54) is 4.90 Å². The summed E-state index contributed by atoms with van der Waals surface area (Å²) in [6.07, 6.45) is 3.87. The minimum atomic E-state index is -1.10. The summed E-state index contributed by atoms with van der Waals surface area (Å²) in [5, 5.41) is 12.1. The first-order chi connectivity index (χ1) is 14.9. The van der Waals surface area contributed by atoms with E-state index in [2.05, 4.69) is 5.32 Å². The van der Waals surface area contributed by atoms with E-state index in [1.54, 1.807) is 0 Å². The van der Waals surface area contributed by atoms with Gasteiger partial charge < -0.3 is 32.5 Å². The largest absolute Gasteiger partial charge is 0.480 e. The average molecular weight is 434 g/mol. The Hall–Kier alpha value is -2.49. The van der Waals surface area contributed by atoms with Gasteiger partial charge in [0.2, 0.25) is 11.8 Å². The van der Waals surface area contributed by atoms with Crippen molar-refractivity contribution in [1.29, 1.82) is 0 Å². The predicted octanol–water partition coefficient (Wildman–Crippen LogP) is 0.0946. The lowest BCUT2D eigenvalue weighted by Gasteiger charge is -2.37. The number of nitrogens with two attached hydrogens (primary N) is 3. The van der Waals surface area contributed by atoms with Gasteiger partial charge in [-0.05, 0) is 56.3 Å². The van der Waals surface area contributed by atoms with Crippen LogP contribution in [0.5, 0.6) is 0 Å². The summed E-state index contributed by atoms with van der Waals surface area (Å²) in [7, 11) is 0. The Morgan fingerprint density at radius 3 is 2.26 bits per heavy atom. The van der Waals surface area contributed by atoms with Crippen molar-refractivity contribution in [2.75, 3.05) is 13.1 Å². The zero-order valence-electron chi connectivity index (χ0n) is 18.0. The first kappa shape index (κ1) is 24.8. The first-order valence-electron chi connectivity index (χ1n) is 10.9. The molecule has 0 saturated heterocycles. The second-order valence-electron chi connectivity index (χ2n) is 8.03. The summed E-state index contributed by atoms with van der Waals surface area (Å²) in [5.41, 5.74) is 19.1. The molecule has 1 aliphatic heterocycles. The highest BCUT2D eigenvalue weighted by Crippen LogP contribution is 2.25. The van der Waals surface area contributed by atoms with Crippen LogP contribution in [0.4, 0.5) is 0 Å². The fraction of sp³-hybridized carbons (Fsp3) is 0.591. The van der Waals surface area contributed by atoms with Crippen LogP contribution < -0.4 is 22.5 Å². The number of carboxylic acids is 1. The van der Waals surface area contributed by atoms with Crippen molar-refractivity contribution in [2.24, 2.45) is 17.2 Å². The number of aliphatic carboxylic acids is 1. The normalized spacial score (nSPS) is 17.5. The molecule has 0 fully saturated rings. The Kier molecular flexibility index (Phi) is 9.90. The molecule has 2 rings (SSSR count). The van der Waals surface area contributed by atoms with Crippen molar-refractivity contribution in [3.63, 3.8) is 0 Å². The number of carbonyl (C=O) groups excluding carboxylic acids is 2. The van der Waals surface area contributed by atoms with E-state index in [0.29, 0.717) is 38.8 Å². The lowest BCUT2D eigenvalue weighted by molar-refractivity contribution is -0.146. The number of fused-ring (bicyclic) bond motifs is 1. The third-order valence-electron chi connectivity index (χ3n) is 5.68. The summed E-state index contributed by atoms with van der Waals surface area (Å²) >= 11 is 0. The lowest BCUT2D eigenvalue weighted by Crippen LogP contribution is -2.58. The maximum Gasteiger partial charge on any atom is 0.326 e. The standard InChI is InChI=1S/C22H35N5O4/c23-11-5-3-9-17(25)21(29)27-14-16-8-2-1-7-15(16)13-19(27)20(28)26-18(22(30)31)10-4-6-12-24/h1-2,7-8,17-19H,3-6,9-14,23-25H2,(H,26,28)(H,30,31)/t17-,18-,19-/m0/s1. The van der Waals surface area contributed by atoms with Crippen LogP contribution in [0.15, 0.2) is 24.3 Å². The Balaban J connectivity index is 2.18. The van der Waals surface area contributed by atoms with E-state index in [1.807, 2.05) is 24.3 Å². The van der Waals surface area contributed by atoms with Crippen LogP contribution in [-0.2, 0) is 27.3 Å². The van der Waals surface area contributed by atoms with E-state index in [4.69, 9.17) is 17.2 Å². The highest BCUT2D eigenvalue weighted by Gasteiger charge is 2.37. The molecule has 0 saturated carbocycles. The van der Waals surface area contributed by atoms with Crippen molar-refractivity contribution in [3.8, 4) is 0 Å². The molecular weight excluding hydrogens is 398 g/mol. The summed E-state index contributed by atoms with van der Waals surface area (Å²) < 4.78 is 0. The van der Waals surface area contributed by atoms with Crippen molar-refractivity contribution in [3.05, 3.63) is 35.4 Å². The summed E-state index contributed by atoms with van der Waals surface area (Å²) in [6, 6.07) is 5.07. The molecule has 1 heterocycles. The number of amides is 2. The number of nitrogens with zero attached hydrogens (tertiary/aromatic N) is 1. The smallest absolute Gasteiger partial charge is 0.326 e. The van der Waals surface area contributed by atoms with Crippen LogP contribution in [0.25, 0.3) is 0 Å². The number of carboxylic acid groups (broad SMARTS) is 1. The third-order valence-corrected chi connectivity index (χ3v) is 5.68. The number of hydrogen-bond donors (Lipinski definition) is 5. The maximum atomic E-state index is 13.1. The van der Waals surface area contributed by atoms with Gasteiger partial charge in [-0.2, -0.15) is 0 Å². The zero-order valence-corrected chi connectivity index (χ0v) is 18.0. The van der Waals surface area contributed by atoms with Crippen LogP contribution in [0, 0.1) is 0 Å². The van der Waals surface area contributed by atoms with E-state index in [-0.39, 0.29) is 18.9 Å². The number of nitrogens with one attached hydrogen (secondary N) is 1. The number of benzene rings is 1. The quantitative estimate of drug-likeness (QED) is 0.291. The SMILES string of the molecule is NCCCC[C@H](NC(=O)[C@@H]1Cc2ccccc2CN1C(=O)[C@@H](N)CCCCN)C(=O)O. The molecule has 2 amide bonds. The Bertz CT molecular complexity index is 757. The molecule has 9 heteroatoms. The Morgan fingerprint density at radius 1 is 1.03 bits per heavy atom. The van der Waals surface area contributed by atoms with E-state index in [0.717, 1.165) is 24.0 Å². The molecule has 172 valence electrons. The molecule has 31 heavy (non-hydrogen) atoms. The fourth-order valence-corrected chi connectivity index (χ4v) is 3.85. The van der Waals surface area contributed by atoms with Crippen LogP contribution in [0.3, 0.4) is 0 Å². The minimum absolute atomic E-state index is 0.266. The molecule has 8 N–H and O–H groups in total. The van der Waals surface area contributed by atoms with Gasteiger partial charge >= 0.3 is 5.97 Å². The van der Waals surface area contributed by atoms with Crippen LogP contribution in [0.1, 0.15) is 49.7 Å². The molecule has 0 spiro atoms. The second kappa shape index (κ2) is 12.4. The van der Waals surface area contributed by atoms with Crippen molar-refractivity contribution < 1.29 is 19.5 Å². The molecule has 1 aliphatic rings. The van der Waals surface area contributed by atoms with Gasteiger partial charge in [-0.1, -0.05) is 30.7 Å². The van der Waals surface area contributed by atoms with Gasteiger partial charge in [0.25, 0.3) is 0 Å². The molecule has 3 atom stereocenters. The lowest BCUT2D eigenvalue weighted by atomic mass is 9.92. The summed E-state index contributed by atoms with van der Waals surface area (Å²) in [4.78, 5) is 39.3. The molecule has 0 bridgehead atoms. The zero-order chi connectivity index (χ0) is 22.8. The summed E-state index contributed by atoms with van der Waals surface area (Å²) in [5.74, 6) is -1.88. The Morgan fingerprint density at radius 2 is 1.65 bits per heavy atom. The molecule has 0 radical (unpaired) electrons. The molecule has 9 nitrogen and oxygen atoms in total.